The molecule has 1 heterocycles. The van der Waals surface area contributed by atoms with Crippen LogP contribution in [0.4, 0.5) is 0 Å². The molecule has 1 aromatic heterocycles. The summed E-state index contributed by atoms with van der Waals surface area (Å²) in [6.07, 6.45) is 6.40. The lowest BCUT2D eigenvalue weighted by atomic mass is 10.2. The van der Waals surface area contributed by atoms with Gasteiger partial charge in [0.15, 0.2) is 5.76 Å². The van der Waals surface area contributed by atoms with Gasteiger partial charge >= 0.3 is 5.91 Å². The Labute approximate surface area is 130 Å². The summed E-state index contributed by atoms with van der Waals surface area (Å²) in [6.45, 7) is 2.87. The quantitative estimate of drug-likeness (QED) is 0.460. The van der Waals surface area contributed by atoms with E-state index in [0.717, 1.165) is 17.7 Å². The van der Waals surface area contributed by atoms with E-state index in [1.807, 2.05) is 24.3 Å². The molecule has 0 aliphatic carbocycles. The molecule has 1 aromatic carbocycles. The minimum atomic E-state index is -0.381. The molecular formula is C17H20N2O3. The number of carbonyl (C=O) groups is 1. The molecule has 0 radical (unpaired) electrons. The number of carbonyl (C=O) groups excluding carboxylic acids is 1. The summed E-state index contributed by atoms with van der Waals surface area (Å²) in [5.74, 6) is 0.649. The van der Waals surface area contributed by atoms with E-state index < -0.39 is 0 Å². The molecule has 0 saturated heterocycles. The monoisotopic (exact) mass is 300 g/mol. The zero-order valence-corrected chi connectivity index (χ0v) is 12.6. The number of ether oxygens (including phenoxy) is 1. The maximum absolute atomic E-state index is 11.6. The fourth-order valence-corrected chi connectivity index (χ4v) is 1.86. The third kappa shape index (κ3) is 5.09. The van der Waals surface area contributed by atoms with Crippen molar-refractivity contribution in [3.05, 3.63) is 54.0 Å². The van der Waals surface area contributed by atoms with Crippen LogP contribution in [0.15, 0.2) is 52.2 Å². The van der Waals surface area contributed by atoms with Crippen LogP contribution in [-0.4, -0.2) is 18.7 Å². The van der Waals surface area contributed by atoms with E-state index in [-0.39, 0.29) is 11.7 Å². The molecule has 5 nitrogen and oxygen atoms in total. The lowest BCUT2D eigenvalue weighted by molar-refractivity contribution is 0.0927. The van der Waals surface area contributed by atoms with Gasteiger partial charge in [-0.2, -0.15) is 5.10 Å². The Kier molecular flexibility index (Phi) is 6.23. The van der Waals surface area contributed by atoms with Crippen molar-refractivity contribution in [2.45, 2.75) is 26.2 Å². The Morgan fingerprint density at radius 3 is 3.00 bits per heavy atom. The van der Waals surface area contributed by atoms with E-state index >= 15 is 0 Å². The van der Waals surface area contributed by atoms with Crippen molar-refractivity contribution in [3.63, 3.8) is 0 Å². The zero-order chi connectivity index (χ0) is 15.6. The van der Waals surface area contributed by atoms with E-state index in [0.29, 0.717) is 6.61 Å². The van der Waals surface area contributed by atoms with E-state index in [1.54, 1.807) is 18.3 Å². The number of unbranched alkanes of at least 4 members (excludes halogenated alkanes) is 2. The maximum atomic E-state index is 11.6. The van der Waals surface area contributed by atoms with Crippen LogP contribution in [0, 0.1) is 0 Å². The van der Waals surface area contributed by atoms with Crippen LogP contribution in [0.1, 0.15) is 42.3 Å². The fraction of sp³-hybridized carbons (Fsp3) is 0.294. The van der Waals surface area contributed by atoms with Gasteiger partial charge in [0, 0.05) is 0 Å². The largest absolute Gasteiger partial charge is 0.494 e. The first-order valence-corrected chi connectivity index (χ1v) is 7.39. The first kappa shape index (κ1) is 15.8. The SMILES string of the molecule is CCCCCOc1cccc(/C=N\NC(=O)c2ccco2)c1. The van der Waals surface area contributed by atoms with Crippen LogP contribution in [0.3, 0.4) is 0 Å². The van der Waals surface area contributed by atoms with Gasteiger partial charge in [-0.15, -0.1) is 0 Å². The number of nitrogens with one attached hydrogen (secondary N) is 1. The average Bonchev–Trinajstić information content (AvgIpc) is 3.06. The Hall–Kier alpha value is -2.56. The van der Waals surface area contributed by atoms with E-state index in [9.17, 15) is 4.79 Å². The number of nitrogens with zero attached hydrogens (tertiary/aromatic N) is 1. The van der Waals surface area contributed by atoms with Crippen molar-refractivity contribution < 1.29 is 13.9 Å². The lowest BCUT2D eigenvalue weighted by Gasteiger charge is -2.06. The van der Waals surface area contributed by atoms with Crippen molar-refractivity contribution in [1.29, 1.82) is 0 Å². The highest BCUT2D eigenvalue weighted by molar-refractivity contribution is 5.92. The number of hydrazone groups is 1. The van der Waals surface area contributed by atoms with Gasteiger partial charge in [0.2, 0.25) is 0 Å². The molecule has 0 bridgehead atoms. The molecule has 0 saturated carbocycles. The van der Waals surface area contributed by atoms with Crippen molar-refractivity contribution in [2.24, 2.45) is 5.10 Å². The smallest absolute Gasteiger partial charge is 0.307 e. The molecule has 22 heavy (non-hydrogen) atoms. The topological polar surface area (TPSA) is 63.8 Å². The van der Waals surface area contributed by atoms with Gasteiger partial charge in [0.1, 0.15) is 5.75 Å². The van der Waals surface area contributed by atoms with Crippen molar-refractivity contribution in [2.75, 3.05) is 6.61 Å². The fourth-order valence-electron chi connectivity index (χ4n) is 1.86. The van der Waals surface area contributed by atoms with Crippen LogP contribution in [0.25, 0.3) is 0 Å². The van der Waals surface area contributed by atoms with Gasteiger partial charge in [-0.05, 0) is 36.2 Å². The van der Waals surface area contributed by atoms with Crippen LogP contribution in [-0.2, 0) is 0 Å². The minimum Gasteiger partial charge on any atom is -0.494 e. The molecular weight excluding hydrogens is 280 g/mol. The standard InChI is InChI=1S/C17H20N2O3/c1-2-3-4-10-21-15-8-5-7-14(12-15)13-18-19-17(20)16-9-6-11-22-16/h5-9,11-13H,2-4,10H2,1H3,(H,19,20)/b18-13-. The van der Waals surface area contributed by atoms with E-state index in [1.165, 1.54) is 19.1 Å². The number of furan rings is 1. The van der Waals surface area contributed by atoms with Crippen LogP contribution < -0.4 is 10.2 Å². The number of rotatable bonds is 8. The first-order chi connectivity index (χ1) is 10.8. The normalized spacial score (nSPS) is 10.8. The number of hydrogen-bond acceptors (Lipinski definition) is 4. The average molecular weight is 300 g/mol. The van der Waals surface area contributed by atoms with Crippen molar-refractivity contribution in [1.82, 2.24) is 5.43 Å². The maximum Gasteiger partial charge on any atom is 0.307 e. The van der Waals surface area contributed by atoms with Gasteiger partial charge < -0.3 is 9.15 Å². The Morgan fingerprint density at radius 2 is 2.23 bits per heavy atom. The molecule has 2 aromatic rings. The molecule has 2 rings (SSSR count). The van der Waals surface area contributed by atoms with Gasteiger partial charge in [-0.3, -0.25) is 4.79 Å². The van der Waals surface area contributed by atoms with Gasteiger partial charge in [-0.1, -0.05) is 31.9 Å². The summed E-state index contributed by atoms with van der Waals surface area (Å²) in [7, 11) is 0. The molecule has 0 atom stereocenters. The molecule has 1 N–H and O–H groups in total. The Balaban J connectivity index is 1.84. The molecule has 116 valence electrons. The van der Waals surface area contributed by atoms with E-state index in [4.69, 9.17) is 9.15 Å². The summed E-state index contributed by atoms with van der Waals surface area (Å²) < 4.78 is 10.6. The minimum absolute atomic E-state index is 0.227. The van der Waals surface area contributed by atoms with Gasteiger partial charge in [-0.25, -0.2) is 5.43 Å². The first-order valence-electron chi connectivity index (χ1n) is 7.39. The number of hydrogen-bond donors (Lipinski definition) is 1. The lowest BCUT2D eigenvalue weighted by Crippen LogP contribution is -2.16. The number of benzene rings is 1. The van der Waals surface area contributed by atoms with Crippen molar-refractivity contribution >= 4 is 12.1 Å². The van der Waals surface area contributed by atoms with Crippen LogP contribution >= 0.6 is 0 Å². The second-order valence-electron chi connectivity index (χ2n) is 4.80. The summed E-state index contributed by atoms with van der Waals surface area (Å²) >= 11 is 0. The Morgan fingerprint density at radius 1 is 1.32 bits per heavy atom. The zero-order valence-electron chi connectivity index (χ0n) is 12.6. The van der Waals surface area contributed by atoms with Crippen LogP contribution in [0.5, 0.6) is 5.75 Å². The Bertz CT molecular complexity index is 606. The second-order valence-corrected chi connectivity index (χ2v) is 4.80. The second kappa shape index (κ2) is 8.67. The molecule has 1 amide bonds. The molecule has 0 fully saturated rings. The van der Waals surface area contributed by atoms with Gasteiger partial charge in [0.05, 0.1) is 19.1 Å². The highest BCUT2D eigenvalue weighted by Crippen LogP contribution is 2.12. The third-order valence-corrected chi connectivity index (χ3v) is 3.00. The summed E-state index contributed by atoms with van der Waals surface area (Å²) in [6, 6.07) is 10.8. The van der Waals surface area contributed by atoms with Crippen molar-refractivity contribution in [3.8, 4) is 5.75 Å². The molecule has 0 aliphatic heterocycles. The predicted octanol–water partition coefficient (Wildman–Crippen LogP) is 3.61. The van der Waals surface area contributed by atoms with E-state index in [2.05, 4.69) is 17.5 Å². The predicted molar refractivity (Wildman–Crippen MR) is 85.2 cm³/mol. The summed E-state index contributed by atoms with van der Waals surface area (Å²) in [4.78, 5) is 11.6. The molecule has 5 heteroatoms. The highest BCUT2D eigenvalue weighted by Gasteiger charge is 2.05. The molecule has 0 spiro atoms. The summed E-state index contributed by atoms with van der Waals surface area (Å²) in [5, 5.41) is 3.91. The highest BCUT2D eigenvalue weighted by atomic mass is 16.5. The third-order valence-electron chi connectivity index (χ3n) is 3.00. The van der Waals surface area contributed by atoms with Gasteiger partial charge in [0.25, 0.3) is 0 Å². The summed E-state index contributed by atoms with van der Waals surface area (Å²) in [5.41, 5.74) is 3.26. The van der Waals surface area contributed by atoms with Crippen LogP contribution in [0.2, 0.25) is 0 Å². The number of amides is 1. The molecule has 0 unspecified atom stereocenters. The molecule has 0 aliphatic rings.